The summed E-state index contributed by atoms with van der Waals surface area (Å²) in [6, 6.07) is 27.6. The predicted octanol–water partition coefficient (Wildman–Crippen LogP) is 10.3. The minimum absolute atomic E-state index is 0. The van der Waals surface area contributed by atoms with Crippen molar-refractivity contribution in [2.75, 3.05) is 46.4 Å². The second kappa shape index (κ2) is 32.4. The van der Waals surface area contributed by atoms with Crippen molar-refractivity contribution in [1.82, 2.24) is 93.8 Å². The summed E-state index contributed by atoms with van der Waals surface area (Å²) in [5.74, 6) is 5.40. The zero-order valence-electron chi connectivity index (χ0n) is 54.0. The van der Waals surface area contributed by atoms with E-state index in [9.17, 15) is 27.6 Å². The summed E-state index contributed by atoms with van der Waals surface area (Å²) in [6.45, 7) is 18.6. The van der Waals surface area contributed by atoms with Gasteiger partial charge in [0.1, 0.15) is 46.6 Å². The fourth-order valence-corrected chi connectivity index (χ4v) is 12.6. The predicted molar refractivity (Wildman–Crippen MR) is 372 cm³/mol. The van der Waals surface area contributed by atoms with Gasteiger partial charge in [0.2, 0.25) is 0 Å². The summed E-state index contributed by atoms with van der Waals surface area (Å²) < 4.78 is 46.0. The molecule has 0 bridgehead atoms. The third-order valence-electron chi connectivity index (χ3n) is 17.5. The lowest BCUT2D eigenvalue weighted by Crippen LogP contribution is -2.23. The van der Waals surface area contributed by atoms with Crippen LogP contribution >= 0.6 is 11.6 Å². The van der Waals surface area contributed by atoms with E-state index in [4.69, 9.17) is 26.9 Å². The summed E-state index contributed by atoms with van der Waals surface area (Å²) in [5, 5.41) is 24.4. The number of nitrogens with zero attached hydrogens (tertiary/aromatic N) is 15. The van der Waals surface area contributed by atoms with Gasteiger partial charge >= 0.3 is 0 Å². The largest absolute Gasteiger partial charge is 0.400 e. The second-order valence-electron chi connectivity index (χ2n) is 24.3. The molecule has 0 spiro atoms. The minimum atomic E-state index is -0.356. The summed E-state index contributed by atoms with van der Waals surface area (Å²) in [6.07, 6.45) is 11.3. The van der Waals surface area contributed by atoms with E-state index >= 15 is 0 Å². The fourth-order valence-electron chi connectivity index (χ4n) is 12.4. The van der Waals surface area contributed by atoms with E-state index in [1.807, 2.05) is 39.0 Å². The van der Waals surface area contributed by atoms with Gasteiger partial charge in [-0.05, 0) is 116 Å². The number of aliphatic hydroxyl groups is 1. The monoisotopic (exact) mass is 1360 g/mol. The van der Waals surface area contributed by atoms with E-state index in [0.717, 1.165) is 75.4 Å². The number of benzene rings is 4. The number of likely N-dealkylation sites (tertiary alicyclic amines) is 2. The number of nitrogens with one attached hydrogen (secondary N) is 4. The number of halogens is 4. The number of imidazole rings is 3. The highest BCUT2D eigenvalue weighted by Gasteiger charge is 2.35. The highest BCUT2D eigenvalue weighted by Crippen LogP contribution is 2.34. The van der Waals surface area contributed by atoms with E-state index in [0.29, 0.717) is 98.3 Å². The Hall–Kier alpha value is -9.99. The van der Waals surface area contributed by atoms with Crippen molar-refractivity contribution < 1.29 is 18.3 Å². The Morgan fingerprint density at radius 2 is 0.847 bits per heavy atom. The van der Waals surface area contributed by atoms with Gasteiger partial charge in [0.25, 0.3) is 16.7 Å². The van der Waals surface area contributed by atoms with E-state index in [2.05, 4.69) is 103 Å². The van der Waals surface area contributed by atoms with Crippen molar-refractivity contribution >= 4 is 28.2 Å². The number of aliphatic hydroxyl groups excluding tert-OH is 1. The highest BCUT2D eigenvalue weighted by atomic mass is 35.5. The molecule has 3 fully saturated rings. The first kappa shape index (κ1) is 72.3. The molecule has 0 radical (unpaired) electrons. The number of fused-ring (bicyclic) bond motifs is 3. The van der Waals surface area contributed by atoms with Gasteiger partial charge in [-0.15, -0.1) is 11.6 Å². The van der Waals surface area contributed by atoms with Crippen LogP contribution in [0, 0.1) is 56.0 Å². The molecular weight excluding hydrogens is 1280 g/mol. The van der Waals surface area contributed by atoms with Crippen LogP contribution in [0.25, 0.3) is 50.7 Å². The van der Waals surface area contributed by atoms with E-state index < -0.39 is 0 Å². The molecule has 5 N–H and O–H groups in total. The molecule has 23 nitrogen and oxygen atoms in total. The Morgan fingerprint density at radius 3 is 1.21 bits per heavy atom. The Morgan fingerprint density at radius 1 is 0.469 bits per heavy atom. The molecule has 4 aromatic carbocycles. The first-order chi connectivity index (χ1) is 46.5. The normalized spacial score (nSPS) is 18.1. The summed E-state index contributed by atoms with van der Waals surface area (Å²) in [7, 11) is 1.00. The molecule has 3 saturated heterocycles. The standard InChI is InChI=1S/C24H24FN5O.C22H22FN7O.C17H18FN5O.C5H5ClN2.CH4O.2CH4/c1-15-8-9-18(25)10-19(15)23-26-11-21-24(31)27-22(28-30(21)23)20-14-29(12-16(20)2)13-17-6-4-3-5-7-17;1-13-4-5-15(23)8-16(13)21-26-9-18-22(31)27-20(28-30(18)21)17-11-29(10-14(17)2)12-19-24-6-3-7-25-19;1-9-3-4-11(18)5-12(9)16-20-8-14-17(24)21-15(22-23(14)16)13-7-19-6-10(13)2;6-4-5-7-2-1-3-8-5;1-2;;/h3-11,16,20H,12-14H2,1-2H3,(H,27,28,31);3-9,14,17H,10-12H2,1-2H3,(H,27,28,31);3-5,8,10,13,19H,6-7H2,1-2H3,(H,21,22,24);1-3H,4H2;2H,1H3;2*1H4. The Balaban J connectivity index is 0.000000160. The molecule has 0 amide bonds. The summed E-state index contributed by atoms with van der Waals surface area (Å²) >= 11 is 5.40. The average Bonchev–Trinajstić information content (AvgIpc) is 1.60. The third-order valence-corrected chi connectivity index (χ3v) is 17.7. The van der Waals surface area contributed by atoms with Crippen LogP contribution < -0.4 is 22.0 Å². The molecule has 0 aliphatic carbocycles. The lowest BCUT2D eigenvalue weighted by Gasteiger charge is -2.16. The third kappa shape index (κ3) is 16.2. The van der Waals surface area contributed by atoms with E-state index in [1.54, 1.807) is 59.6 Å². The van der Waals surface area contributed by atoms with Crippen molar-refractivity contribution in [1.29, 1.82) is 0 Å². The maximum atomic E-state index is 13.9. The Bertz CT molecular complexity index is 4640. The van der Waals surface area contributed by atoms with Gasteiger partial charge in [-0.3, -0.25) is 24.2 Å². The van der Waals surface area contributed by atoms with Gasteiger partial charge in [0.15, 0.2) is 34.0 Å². The summed E-state index contributed by atoms with van der Waals surface area (Å²) in [5.41, 5.74) is 6.11. The number of aromatic nitrogens is 16. The smallest absolute Gasteiger partial charge is 0.276 e. The topological polar surface area (TPSA) is 279 Å². The number of hydrogen-bond acceptors (Lipinski definition) is 17. The zero-order chi connectivity index (χ0) is 67.7. The molecule has 15 rings (SSSR count). The van der Waals surface area contributed by atoms with Gasteiger partial charge in [-0.1, -0.05) is 84.2 Å². The van der Waals surface area contributed by atoms with Crippen LogP contribution in [0.3, 0.4) is 0 Å². The molecule has 98 heavy (non-hydrogen) atoms. The minimum Gasteiger partial charge on any atom is -0.400 e. The van der Waals surface area contributed by atoms with E-state index in [1.165, 1.54) is 69.6 Å². The van der Waals surface area contributed by atoms with Crippen molar-refractivity contribution in [2.45, 2.75) is 93.1 Å². The molecule has 27 heteroatoms. The van der Waals surface area contributed by atoms with Crippen LogP contribution in [-0.2, 0) is 19.0 Å². The first-order valence-corrected chi connectivity index (χ1v) is 32.0. The maximum absolute atomic E-state index is 13.9. The number of rotatable bonds is 11. The molecule has 3 aliphatic heterocycles. The van der Waals surface area contributed by atoms with Crippen LogP contribution in [-0.4, -0.2) is 140 Å². The van der Waals surface area contributed by atoms with Crippen molar-refractivity contribution in [3.8, 4) is 34.2 Å². The number of alkyl halides is 1. The van der Waals surface area contributed by atoms with Crippen molar-refractivity contribution in [3.63, 3.8) is 0 Å². The molecule has 11 heterocycles. The van der Waals surface area contributed by atoms with Gasteiger partial charge in [0, 0.05) is 106 Å². The number of aromatic amines is 3. The van der Waals surface area contributed by atoms with Gasteiger partial charge in [-0.25, -0.2) is 61.6 Å². The van der Waals surface area contributed by atoms with Crippen LogP contribution in [0.1, 0.15) is 105 Å². The molecule has 0 saturated carbocycles. The Kier molecular flexibility index (Phi) is 23.9. The van der Waals surface area contributed by atoms with Crippen LogP contribution in [0.15, 0.2) is 155 Å². The second-order valence-corrected chi connectivity index (χ2v) is 24.5. The van der Waals surface area contributed by atoms with Crippen LogP contribution in [0.5, 0.6) is 0 Å². The Labute approximate surface area is 569 Å². The highest BCUT2D eigenvalue weighted by molar-refractivity contribution is 6.16. The molecule has 12 aromatic rings. The molecule has 3 aliphatic rings. The van der Waals surface area contributed by atoms with Gasteiger partial charge in [-0.2, -0.15) is 15.3 Å². The number of aryl methyl sites for hydroxylation is 3. The molecule has 6 unspecified atom stereocenters. The van der Waals surface area contributed by atoms with Crippen LogP contribution in [0.2, 0.25) is 0 Å². The quantitative estimate of drug-likeness (QED) is 0.0753. The van der Waals surface area contributed by atoms with Crippen LogP contribution in [0.4, 0.5) is 13.2 Å². The lowest BCUT2D eigenvalue weighted by molar-refractivity contribution is 0.310. The fraction of sp³-hybridized carbons (Fsp3) is 0.338. The maximum Gasteiger partial charge on any atom is 0.276 e. The lowest BCUT2D eigenvalue weighted by atomic mass is 9.97. The van der Waals surface area contributed by atoms with Crippen molar-refractivity contribution in [2.24, 2.45) is 17.8 Å². The van der Waals surface area contributed by atoms with Crippen molar-refractivity contribution in [3.05, 3.63) is 240 Å². The number of hydrogen-bond donors (Lipinski definition) is 5. The molecular formula is C71H81ClF3N19O4. The van der Waals surface area contributed by atoms with Gasteiger partial charge in [0.05, 0.1) is 31.0 Å². The average molecular weight is 1360 g/mol. The first-order valence-electron chi connectivity index (χ1n) is 31.4. The number of H-pyrrole nitrogens is 3. The zero-order valence-corrected chi connectivity index (χ0v) is 54.8. The molecule has 6 atom stereocenters. The van der Waals surface area contributed by atoms with E-state index in [-0.39, 0.29) is 72.7 Å². The SMILES string of the molecule is C.C.CO.Cc1ccc(F)cc1-c1ncc2c(=O)[nH]c(C3CN(Cc4ccccc4)CC3C)nn12.Cc1ccc(F)cc1-c1ncc2c(=O)[nH]c(C3CN(Cc4ncccn4)CC3C)nn12.Cc1ccc(F)cc1-c1ncc2c(=O)[nH]c(C3CNCC3C)nn12.ClCc1ncccn1. The molecule has 8 aromatic heterocycles. The summed E-state index contributed by atoms with van der Waals surface area (Å²) in [4.78, 5) is 80.8. The van der Waals surface area contributed by atoms with Gasteiger partial charge < -0.3 is 25.4 Å². The molecule has 512 valence electrons.